The van der Waals surface area contributed by atoms with Crippen LogP contribution in [0, 0.1) is 0 Å². The lowest BCUT2D eigenvalue weighted by molar-refractivity contribution is -0.0302. The van der Waals surface area contributed by atoms with E-state index in [1.54, 1.807) is 0 Å². The predicted octanol–water partition coefficient (Wildman–Crippen LogP) is -0.390. The zero-order valence-electron chi connectivity index (χ0n) is 30.4. The monoisotopic (exact) mass is 736 g/mol. The summed E-state index contributed by atoms with van der Waals surface area (Å²) in [6.07, 6.45) is 0.647. The van der Waals surface area contributed by atoms with Gasteiger partial charge in [0.1, 0.15) is 0 Å². The Balaban J connectivity index is 3.04. The van der Waals surface area contributed by atoms with E-state index in [2.05, 4.69) is 0 Å². The minimum atomic E-state index is 0.0219. The van der Waals surface area contributed by atoms with Crippen molar-refractivity contribution in [2.24, 2.45) is 0 Å². The van der Waals surface area contributed by atoms with Crippen molar-refractivity contribution in [3.8, 4) is 0 Å². The van der Waals surface area contributed by atoms with Gasteiger partial charge in [-0.25, -0.2) is 0 Å². The molecule has 17 nitrogen and oxygen atoms in total. The maximum Gasteiger partial charge on any atom is 0.0701 e. The summed E-state index contributed by atoms with van der Waals surface area (Å²) in [5.41, 5.74) is 0. The molecular weight excluding hydrogens is 668 g/mol. The molecule has 0 fully saturated rings. The molecule has 0 aliphatic carbocycles. The number of aliphatic hydroxyl groups is 2. The van der Waals surface area contributed by atoms with Crippen molar-refractivity contribution >= 4 is 0 Å². The second kappa shape index (κ2) is 48.3. The van der Waals surface area contributed by atoms with E-state index in [9.17, 15) is 0 Å². The summed E-state index contributed by atoms with van der Waals surface area (Å²) < 4.78 is 81.1. The Labute approximate surface area is 299 Å². The summed E-state index contributed by atoms with van der Waals surface area (Å²) in [6.45, 7) is 15.0. The first kappa shape index (κ1) is 49.3. The van der Waals surface area contributed by atoms with Gasteiger partial charge in [0.2, 0.25) is 0 Å². The Morgan fingerprint density at radius 2 is 0.300 bits per heavy atom. The smallest absolute Gasteiger partial charge is 0.0701 e. The fourth-order valence-electron chi connectivity index (χ4n) is 3.41. The van der Waals surface area contributed by atoms with Crippen molar-refractivity contribution in [2.75, 3.05) is 211 Å². The van der Waals surface area contributed by atoms with Crippen LogP contribution in [0.15, 0.2) is 0 Å². The van der Waals surface area contributed by atoms with Gasteiger partial charge in [-0.05, 0) is 6.42 Å². The van der Waals surface area contributed by atoms with Gasteiger partial charge in [-0.3, -0.25) is 0 Å². The molecular formula is C33H68O17. The first-order valence-corrected chi connectivity index (χ1v) is 17.8. The highest BCUT2D eigenvalue weighted by Crippen LogP contribution is 1.88. The molecule has 50 heavy (non-hydrogen) atoms. The minimum absolute atomic E-state index is 0.0219. The van der Waals surface area contributed by atoms with Crippen LogP contribution in [0.1, 0.15) is 6.42 Å². The molecule has 0 amide bonds. The zero-order valence-corrected chi connectivity index (χ0v) is 30.4. The van der Waals surface area contributed by atoms with E-state index in [1.807, 2.05) is 0 Å². The first-order chi connectivity index (χ1) is 24.9. The number of hydrogen-bond acceptors (Lipinski definition) is 17. The first-order valence-electron chi connectivity index (χ1n) is 17.8. The highest BCUT2D eigenvalue weighted by Gasteiger charge is 1.97. The van der Waals surface area contributed by atoms with Gasteiger partial charge in [0.15, 0.2) is 0 Å². The Kier molecular flexibility index (Phi) is 47.7. The molecule has 0 atom stereocenters. The van der Waals surface area contributed by atoms with Gasteiger partial charge < -0.3 is 81.3 Å². The molecule has 0 heterocycles. The Morgan fingerprint density at radius 3 is 0.440 bits per heavy atom. The normalized spacial score (nSPS) is 11.6. The molecule has 302 valence electrons. The average molecular weight is 737 g/mol. The lowest BCUT2D eigenvalue weighted by Crippen LogP contribution is -2.15. The van der Waals surface area contributed by atoms with Crippen molar-refractivity contribution in [1.82, 2.24) is 0 Å². The molecule has 0 aromatic carbocycles. The van der Waals surface area contributed by atoms with Crippen molar-refractivity contribution in [3.05, 3.63) is 0 Å². The van der Waals surface area contributed by atoms with Crippen LogP contribution in [-0.4, -0.2) is 222 Å². The molecule has 0 unspecified atom stereocenters. The van der Waals surface area contributed by atoms with Gasteiger partial charge in [0, 0.05) is 13.2 Å². The van der Waals surface area contributed by atoms with Gasteiger partial charge >= 0.3 is 0 Å². The number of hydrogen-bond donors (Lipinski definition) is 2. The quantitative estimate of drug-likeness (QED) is 0.0771. The Bertz CT molecular complexity index is 534. The molecule has 0 rings (SSSR count). The van der Waals surface area contributed by atoms with E-state index < -0.39 is 0 Å². The van der Waals surface area contributed by atoms with E-state index in [1.165, 1.54) is 0 Å². The summed E-state index contributed by atoms with van der Waals surface area (Å²) >= 11 is 0. The van der Waals surface area contributed by atoms with Crippen LogP contribution in [0.5, 0.6) is 0 Å². The van der Waals surface area contributed by atoms with Gasteiger partial charge in [0.25, 0.3) is 0 Å². The van der Waals surface area contributed by atoms with Gasteiger partial charge in [-0.2, -0.15) is 0 Å². The minimum Gasteiger partial charge on any atom is -0.396 e. The molecule has 0 radical (unpaired) electrons. The topological polar surface area (TPSA) is 179 Å². The van der Waals surface area contributed by atoms with E-state index in [0.717, 1.165) is 0 Å². The highest BCUT2D eigenvalue weighted by atomic mass is 16.6. The third kappa shape index (κ3) is 47.3. The van der Waals surface area contributed by atoms with Crippen LogP contribution in [0.4, 0.5) is 0 Å². The van der Waals surface area contributed by atoms with Crippen LogP contribution in [-0.2, 0) is 71.1 Å². The SMILES string of the molecule is OCCCOCCOCCOCCOCCOCCOCCOCCOCCOCCOCCOCCOCCOCCOCCOCCO. The van der Waals surface area contributed by atoms with Crippen LogP contribution in [0.25, 0.3) is 0 Å². The molecule has 2 N–H and O–H groups in total. The van der Waals surface area contributed by atoms with Gasteiger partial charge in [-0.1, -0.05) is 0 Å². The summed E-state index contributed by atoms with van der Waals surface area (Å²) in [6, 6.07) is 0. The number of ether oxygens (including phenoxy) is 15. The molecule has 0 saturated heterocycles. The molecule has 0 spiro atoms. The maximum absolute atomic E-state index is 8.64. The third-order valence-electron chi connectivity index (χ3n) is 5.89. The lowest BCUT2D eigenvalue weighted by Gasteiger charge is -2.09. The highest BCUT2D eigenvalue weighted by molar-refractivity contribution is 4.40. The van der Waals surface area contributed by atoms with Crippen molar-refractivity contribution in [2.45, 2.75) is 6.42 Å². The molecule has 0 aliphatic rings. The molecule has 17 heteroatoms. The van der Waals surface area contributed by atoms with E-state index in [0.29, 0.717) is 205 Å². The molecule has 0 saturated carbocycles. The van der Waals surface area contributed by atoms with E-state index in [4.69, 9.17) is 81.3 Å². The molecule has 0 aromatic heterocycles. The average Bonchev–Trinajstić information content (AvgIpc) is 3.13. The summed E-state index contributed by atoms with van der Waals surface area (Å²) in [5.74, 6) is 0. The third-order valence-corrected chi connectivity index (χ3v) is 5.89. The zero-order chi connectivity index (χ0) is 35.9. The number of rotatable bonds is 47. The van der Waals surface area contributed by atoms with Crippen LogP contribution in [0.3, 0.4) is 0 Å². The van der Waals surface area contributed by atoms with Crippen LogP contribution in [0.2, 0.25) is 0 Å². The summed E-state index contributed by atoms with van der Waals surface area (Å²) in [7, 11) is 0. The summed E-state index contributed by atoms with van der Waals surface area (Å²) in [4.78, 5) is 0. The summed E-state index contributed by atoms with van der Waals surface area (Å²) in [5, 5.41) is 17.2. The second-order valence-corrected chi connectivity index (χ2v) is 9.99. The maximum atomic E-state index is 8.64. The van der Waals surface area contributed by atoms with Gasteiger partial charge in [-0.15, -0.1) is 0 Å². The largest absolute Gasteiger partial charge is 0.396 e. The second-order valence-electron chi connectivity index (χ2n) is 9.99. The van der Waals surface area contributed by atoms with E-state index >= 15 is 0 Å². The number of aliphatic hydroxyl groups excluding tert-OH is 2. The van der Waals surface area contributed by atoms with E-state index in [-0.39, 0.29) is 13.2 Å². The van der Waals surface area contributed by atoms with Crippen LogP contribution >= 0.6 is 0 Å². The lowest BCUT2D eigenvalue weighted by atomic mass is 10.5. The fourth-order valence-corrected chi connectivity index (χ4v) is 3.41. The van der Waals surface area contributed by atoms with Crippen LogP contribution < -0.4 is 0 Å². The molecule has 0 bridgehead atoms. The fraction of sp³-hybridized carbons (Fsp3) is 1.00. The Morgan fingerprint density at radius 1 is 0.160 bits per heavy atom. The van der Waals surface area contributed by atoms with Gasteiger partial charge in [0.05, 0.1) is 198 Å². The molecule has 0 aliphatic heterocycles. The van der Waals surface area contributed by atoms with Crippen molar-refractivity contribution in [3.63, 3.8) is 0 Å². The van der Waals surface area contributed by atoms with Crippen molar-refractivity contribution in [1.29, 1.82) is 0 Å². The standard InChI is InChI=1S/C33H68O17/c34-2-1-4-36-6-8-38-10-12-40-14-16-42-18-20-44-22-24-46-26-28-48-30-32-50-33-31-49-29-27-47-25-23-45-21-19-43-17-15-41-13-11-39-9-7-37-5-3-35/h34-35H,1-33H2. The molecule has 0 aromatic rings. The predicted molar refractivity (Wildman–Crippen MR) is 181 cm³/mol. The van der Waals surface area contributed by atoms with Crippen molar-refractivity contribution < 1.29 is 81.3 Å². The Hall–Kier alpha value is -0.680.